The van der Waals surface area contributed by atoms with E-state index in [4.69, 9.17) is 0 Å². The molecule has 2 atom stereocenters. The topological polar surface area (TPSA) is 98.8 Å². The van der Waals surface area contributed by atoms with Crippen LogP contribution < -0.4 is 10.6 Å². The molecule has 0 aliphatic carbocycles. The van der Waals surface area contributed by atoms with Crippen LogP contribution >= 0.6 is 0 Å². The van der Waals surface area contributed by atoms with E-state index < -0.39 is 36.1 Å². The zero-order chi connectivity index (χ0) is 21.4. The van der Waals surface area contributed by atoms with Crippen LogP contribution in [0.15, 0.2) is 18.2 Å². The first-order valence-corrected chi connectivity index (χ1v) is 9.92. The van der Waals surface area contributed by atoms with Crippen molar-refractivity contribution >= 4 is 23.6 Å². The van der Waals surface area contributed by atoms with E-state index in [0.717, 1.165) is 10.5 Å². The minimum Gasteiger partial charge on any atom is -0.311 e. The van der Waals surface area contributed by atoms with Crippen molar-refractivity contribution in [1.29, 1.82) is 0 Å². The molecule has 3 heterocycles. The van der Waals surface area contributed by atoms with Gasteiger partial charge in [0, 0.05) is 45.1 Å². The van der Waals surface area contributed by atoms with E-state index in [2.05, 4.69) is 10.6 Å². The standard InChI is InChI=1S/C20H22F2N4O4/c21-16(22)8-12-10-25(6-5-23-12)9-11-1-2-13-14(7-11)20(30)26(19(13)29)15-3-4-17(27)24-18(15)28/h1-2,7,12,15-16,23H,3-6,8-10H2,(H,24,27,28). The molecule has 0 saturated carbocycles. The monoisotopic (exact) mass is 420 g/mol. The Morgan fingerprint density at radius 2 is 1.87 bits per heavy atom. The van der Waals surface area contributed by atoms with Crippen LogP contribution in [0.1, 0.15) is 45.5 Å². The number of amides is 4. The third kappa shape index (κ3) is 3.97. The van der Waals surface area contributed by atoms with Gasteiger partial charge < -0.3 is 5.32 Å². The number of hydrogen-bond donors (Lipinski definition) is 2. The Kier molecular flexibility index (Phi) is 5.61. The van der Waals surface area contributed by atoms with Gasteiger partial charge in [0.15, 0.2) is 0 Å². The quantitative estimate of drug-likeness (QED) is 0.674. The predicted octanol–water partition coefficient (Wildman–Crippen LogP) is 0.517. The molecule has 8 nitrogen and oxygen atoms in total. The third-order valence-corrected chi connectivity index (χ3v) is 5.71. The zero-order valence-electron chi connectivity index (χ0n) is 16.2. The van der Waals surface area contributed by atoms with Gasteiger partial charge >= 0.3 is 0 Å². The number of halogens is 2. The highest BCUT2D eigenvalue weighted by Crippen LogP contribution is 2.28. The summed E-state index contributed by atoms with van der Waals surface area (Å²) < 4.78 is 25.3. The van der Waals surface area contributed by atoms with E-state index in [9.17, 15) is 28.0 Å². The Labute approximate surface area is 171 Å². The summed E-state index contributed by atoms with van der Waals surface area (Å²) in [7, 11) is 0. The van der Waals surface area contributed by atoms with Crippen LogP contribution in [-0.2, 0) is 16.1 Å². The lowest BCUT2D eigenvalue weighted by Gasteiger charge is -2.33. The fourth-order valence-electron chi connectivity index (χ4n) is 4.29. The number of piperazine rings is 1. The number of hydrogen-bond acceptors (Lipinski definition) is 6. The lowest BCUT2D eigenvalue weighted by molar-refractivity contribution is -0.136. The van der Waals surface area contributed by atoms with Crippen LogP contribution in [0.2, 0.25) is 0 Å². The second-order valence-corrected chi connectivity index (χ2v) is 7.84. The smallest absolute Gasteiger partial charge is 0.262 e. The molecule has 160 valence electrons. The van der Waals surface area contributed by atoms with Gasteiger partial charge in [-0.25, -0.2) is 8.78 Å². The van der Waals surface area contributed by atoms with Crippen molar-refractivity contribution in [3.8, 4) is 0 Å². The highest BCUT2D eigenvalue weighted by molar-refractivity contribution is 6.23. The summed E-state index contributed by atoms with van der Waals surface area (Å²) in [6, 6.07) is 3.64. The van der Waals surface area contributed by atoms with Crippen LogP contribution in [0.5, 0.6) is 0 Å². The van der Waals surface area contributed by atoms with E-state index >= 15 is 0 Å². The molecule has 30 heavy (non-hydrogen) atoms. The van der Waals surface area contributed by atoms with E-state index in [1.165, 1.54) is 0 Å². The van der Waals surface area contributed by atoms with Crippen LogP contribution in [-0.4, -0.2) is 71.6 Å². The molecule has 10 heteroatoms. The predicted molar refractivity (Wildman–Crippen MR) is 101 cm³/mol. The summed E-state index contributed by atoms with van der Waals surface area (Å²) in [6.45, 7) is 2.22. The summed E-state index contributed by atoms with van der Waals surface area (Å²) in [6.07, 6.45) is -2.41. The lowest BCUT2D eigenvalue weighted by atomic mass is 10.0. The number of piperidine rings is 1. The van der Waals surface area contributed by atoms with Gasteiger partial charge in [0.2, 0.25) is 18.2 Å². The average molecular weight is 420 g/mol. The van der Waals surface area contributed by atoms with Crippen LogP contribution in [0.4, 0.5) is 8.78 Å². The maximum Gasteiger partial charge on any atom is 0.262 e. The first-order valence-electron chi connectivity index (χ1n) is 9.92. The highest BCUT2D eigenvalue weighted by Gasteiger charge is 2.44. The molecule has 0 aromatic heterocycles. The number of rotatable bonds is 5. The van der Waals surface area contributed by atoms with Crippen molar-refractivity contribution < 1.29 is 28.0 Å². The lowest BCUT2D eigenvalue weighted by Crippen LogP contribution is -2.54. The van der Waals surface area contributed by atoms with E-state index in [0.29, 0.717) is 26.2 Å². The first-order chi connectivity index (χ1) is 14.3. The normalized spacial score (nSPS) is 25.1. The van der Waals surface area contributed by atoms with Crippen molar-refractivity contribution in [3.63, 3.8) is 0 Å². The average Bonchev–Trinajstić information content (AvgIpc) is 2.92. The van der Waals surface area contributed by atoms with Crippen LogP contribution in [0, 0.1) is 0 Å². The molecule has 4 amide bonds. The summed E-state index contributed by atoms with van der Waals surface area (Å²) in [4.78, 5) is 52.1. The van der Waals surface area contributed by atoms with E-state index in [1.54, 1.807) is 18.2 Å². The molecule has 2 unspecified atom stereocenters. The van der Waals surface area contributed by atoms with Crippen molar-refractivity contribution in [3.05, 3.63) is 34.9 Å². The number of nitrogens with one attached hydrogen (secondary N) is 2. The maximum atomic E-state index is 12.9. The van der Waals surface area contributed by atoms with E-state index in [1.807, 2.05) is 4.90 Å². The SMILES string of the molecule is O=C1CCC(N2C(=O)c3ccc(CN4CCNC(CC(F)F)C4)cc3C2=O)C(=O)N1. The molecule has 3 aliphatic heterocycles. The van der Waals surface area contributed by atoms with E-state index in [-0.39, 0.29) is 36.4 Å². The number of fused-ring (bicyclic) bond motifs is 1. The number of carbonyl (C=O) groups excluding carboxylic acids is 4. The summed E-state index contributed by atoms with van der Waals surface area (Å²) in [5.74, 6) is -2.17. The first kappa shape index (κ1) is 20.5. The molecule has 2 saturated heterocycles. The minimum absolute atomic E-state index is 0.0673. The molecular formula is C20H22F2N4O4. The molecule has 0 spiro atoms. The molecule has 2 N–H and O–H groups in total. The zero-order valence-corrected chi connectivity index (χ0v) is 16.2. The molecule has 2 fully saturated rings. The number of benzene rings is 1. The van der Waals surface area contributed by atoms with Gasteiger partial charge in [0.25, 0.3) is 11.8 Å². The minimum atomic E-state index is -2.37. The molecule has 1 aromatic carbocycles. The Bertz CT molecular complexity index is 907. The van der Waals surface area contributed by atoms with Crippen molar-refractivity contribution in [2.75, 3.05) is 19.6 Å². The molecular weight excluding hydrogens is 398 g/mol. The summed E-state index contributed by atoms with van der Waals surface area (Å²) in [5.41, 5.74) is 1.24. The highest BCUT2D eigenvalue weighted by atomic mass is 19.3. The van der Waals surface area contributed by atoms with Crippen molar-refractivity contribution in [1.82, 2.24) is 20.4 Å². The van der Waals surface area contributed by atoms with Gasteiger partial charge in [-0.3, -0.25) is 34.3 Å². The molecule has 1 aromatic rings. The van der Waals surface area contributed by atoms with Crippen molar-refractivity contribution in [2.45, 2.75) is 44.3 Å². The number of alkyl halides is 2. The molecule has 0 bridgehead atoms. The number of nitrogens with zero attached hydrogens (tertiary/aromatic N) is 2. The van der Waals surface area contributed by atoms with Gasteiger partial charge in [-0.05, 0) is 24.1 Å². The second-order valence-electron chi connectivity index (χ2n) is 7.84. The number of imide groups is 2. The summed E-state index contributed by atoms with van der Waals surface area (Å²) in [5, 5.41) is 5.25. The number of carbonyl (C=O) groups is 4. The van der Waals surface area contributed by atoms with Gasteiger partial charge in [0.05, 0.1) is 11.1 Å². The van der Waals surface area contributed by atoms with Gasteiger partial charge in [-0.2, -0.15) is 0 Å². The largest absolute Gasteiger partial charge is 0.311 e. The Morgan fingerprint density at radius 1 is 1.10 bits per heavy atom. The van der Waals surface area contributed by atoms with Gasteiger partial charge in [-0.15, -0.1) is 0 Å². The third-order valence-electron chi connectivity index (χ3n) is 5.71. The second kappa shape index (κ2) is 8.19. The fraction of sp³-hybridized carbons (Fsp3) is 0.500. The maximum absolute atomic E-state index is 12.9. The van der Waals surface area contributed by atoms with Crippen LogP contribution in [0.25, 0.3) is 0 Å². The molecule has 0 radical (unpaired) electrons. The van der Waals surface area contributed by atoms with Gasteiger partial charge in [0.1, 0.15) is 6.04 Å². The fourth-order valence-corrected chi connectivity index (χ4v) is 4.29. The summed E-state index contributed by atoms with van der Waals surface area (Å²) >= 11 is 0. The Balaban J connectivity index is 1.48. The van der Waals surface area contributed by atoms with Crippen LogP contribution in [0.3, 0.4) is 0 Å². The van der Waals surface area contributed by atoms with Gasteiger partial charge in [-0.1, -0.05) is 6.07 Å². The molecule has 3 aliphatic rings. The van der Waals surface area contributed by atoms with Crippen molar-refractivity contribution in [2.24, 2.45) is 0 Å². The Morgan fingerprint density at radius 3 is 2.60 bits per heavy atom. The molecule has 4 rings (SSSR count). The Hall–Kier alpha value is -2.72.